The lowest BCUT2D eigenvalue weighted by Gasteiger charge is -2.40. The van der Waals surface area contributed by atoms with Crippen molar-refractivity contribution in [3.05, 3.63) is 78.6 Å². The van der Waals surface area contributed by atoms with Gasteiger partial charge in [-0.25, -0.2) is 0 Å². The summed E-state index contributed by atoms with van der Waals surface area (Å²) in [6, 6.07) is 17.6. The SMILES string of the molecule is CC1CN(C[CH]c2ccc3cnccc3n2)CCN1CCCc1ccccc1. The molecule has 0 N–H and O–H groups in total. The summed E-state index contributed by atoms with van der Waals surface area (Å²) in [6.45, 7) is 7.92. The Morgan fingerprint density at radius 3 is 2.82 bits per heavy atom. The van der Waals surface area contributed by atoms with E-state index in [4.69, 9.17) is 4.98 Å². The Balaban J connectivity index is 1.22. The minimum absolute atomic E-state index is 0.605. The first-order valence-electron chi connectivity index (χ1n) is 10.3. The standard InChI is InChI=1S/C24H29N4/c1-20-19-27(15-12-23-10-9-22-18-25-13-11-24(22)26-23)16-17-28(20)14-5-8-21-6-3-2-4-7-21/h2-4,6-7,9-13,18,20H,5,8,14-17,19H2,1H3. The van der Waals surface area contributed by atoms with Gasteiger partial charge in [-0.1, -0.05) is 30.3 Å². The molecule has 0 bridgehead atoms. The van der Waals surface area contributed by atoms with Crippen LogP contribution >= 0.6 is 0 Å². The van der Waals surface area contributed by atoms with E-state index in [1.807, 2.05) is 12.3 Å². The van der Waals surface area contributed by atoms with E-state index < -0.39 is 0 Å². The van der Waals surface area contributed by atoms with Crippen LogP contribution in [0.15, 0.2) is 60.9 Å². The topological polar surface area (TPSA) is 32.3 Å². The molecule has 1 aromatic carbocycles. The van der Waals surface area contributed by atoms with Crippen LogP contribution in [0.2, 0.25) is 0 Å². The fourth-order valence-corrected chi connectivity index (χ4v) is 4.02. The van der Waals surface area contributed by atoms with Crippen molar-refractivity contribution in [1.82, 2.24) is 19.8 Å². The Morgan fingerprint density at radius 1 is 1.07 bits per heavy atom. The molecule has 1 aliphatic heterocycles. The largest absolute Gasteiger partial charge is 0.300 e. The third-order valence-electron chi connectivity index (χ3n) is 5.67. The molecule has 4 heteroatoms. The van der Waals surface area contributed by atoms with Gasteiger partial charge >= 0.3 is 0 Å². The van der Waals surface area contributed by atoms with Crippen LogP contribution in [-0.4, -0.2) is 58.5 Å². The highest BCUT2D eigenvalue weighted by atomic mass is 15.3. The average molecular weight is 374 g/mol. The maximum Gasteiger partial charge on any atom is 0.0736 e. The highest BCUT2D eigenvalue weighted by molar-refractivity contribution is 5.77. The van der Waals surface area contributed by atoms with Crippen LogP contribution in [-0.2, 0) is 6.42 Å². The monoisotopic (exact) mass is 373 g/mol. The Morgan fingerprint density at radius 2 is 1.96 bits per heavy atom. The molecule has 1 radical (unpaired) electrons. The molecule has 145 valence electrons. The summed E-state index contributed by atoms with van der Waals surface area (Å²) in [4.78, 5) is 14.1. The zero-order chi connectivity index (χ0) is 19.2. The van der Waals surface area contributed by atoms with Crippen molar-refractivity contribution in [2.24, 2.45) is 0 Å². The van der Waals surface area contributed by atoms with Gasteiger partial charge in [0.1, 0.15) is 0 Å². The maximum absolute atomic E-state index is 4.73. The Kier molecular flexibility index (Phi) is 6.30. The van der Waals surface area contributed by atoms with Gasteiger partial charge in [0.15, 0.2) is 0 Å². The van der Waals surface area contributed by atoms with Crippen molar-refractivity contribution < 1.29 is 0 Å². The normalized spacial score (nSPS) is 18.5. The summed E-state index contributed by atoms with van der Waals surface area (Å²) >= 11 is 0. The van der Waals surface area contributed by atoms with Gasteiger partial charge in [0.25, 0.3) is 0 Å². The van der Waals surface area contributed by atoms with Gasteiger partial charge in [0.2, 0.25) is 0 Å². The number of aromatic nitrogens is 2. The lowest BCUT2D eigenvalue weighted by atomic mass is 10.1. The van der Waals surface area contributed by atoms with E-state index in [-0.39, 0.29) is 0 Å². The van der Waals surface area contributed by atoms with E-state index in [1.165, 1.54) is 24.9 Å². The molecule has 1 saturated heterocycles. The van der Waals surface area contributed by atoms with Gasteiger partial charge in [-0.2, -0.15) is 0 Å². The van der Waals surface area contributed by atoms with E-state index in [9.17, 15) is 0 Å². The fourth-order valence-electron chi connectivity index (χ4n) is 4.02. The molecule has 1 atom stereocenters. The van der Waals surface area contributed by atoms with E-state index >= 15 is 0 Å². The average Bonchev–Trinajstić information content (AvgIpc) is 2.74. The van der Waals surface area contributed by atoms with Gasteiger partial charge in [0.05, 0.1) is 5.52 Å². The minimum atomic E-state index is 0.605. The molecule has 1 unspecified atom stereocenters. The Hall–Kier alpha value is -2.30. The van der Waals surface area contributed by atoms with E-state index in [0.29, 0.717) is 6.04 Å². The number of fused-ring (bicyclic) bond motifs is 1. The van der Waals surface area contributed by atoms with Crippen LogP contribution in [0.4, 0.5) is 0 Å². The Labute approximate surface area is 168 Å². The number of piperazine rings is 1. The lowest BCUT2D eigenvalue weighted by Crippen LogP contribution is -2.52. The summed E-state index contributed by atoms with van der Waals surface area (Å²) in [6.07, 6.45) is 8.32. The van der Waals surface area contributed by atoms with Gasteiger partial charge in [-0.05, 0) is 50.1 Å². The smallest absolute Gasteiger partial charge is 0.0736 e. The highest BCUT2D eigenvalue weighted by Gasteiger charge is 2.23. The molecule has 1 fully saturated rings. The molecule has 28 heavy (non-hydrogen) atoms. The van der Waals surface area contributed by atoms with Crippen molar-refractivity contribution in [2.75, 3.05) is 32.7 Å². The first-order valence-corrected chi connectivity index (χ1v) is 10.3. The van der Waals surface area contributed by atoms with Gasteiger partial charge in [0, 0.05) is 62.1 Å². The zero-order valence-electron chi connectivity index (χ0n) is 16.7. The molecule has 0 aliphatic carbocycles. The maximum atomic E-state index is 4.73. The fraction of sp³-hybridized carbons (Fsp3) is 0.375. The quantitative estimate of drug-likeness (QED) is 0.630. The van der Waals surface area contributed by atoms with E-state index in [0.717, 1.165) is 42.8 Å². The molecular weight excluding hydrogens is 344 g/mol. The third-order valence-corrected chi connectivity index (χ3v) is 5.67. The summed E-state index contributed by atoms with van der Waals surface area (Å²) in [5.41, 5.74) is 3.51. The van der Waals surface area contributed by atoms with E-state index in [1.54, 1.807) is 6.20 Å². The summed E-state index contributed by atoms with van der Waals surface area (Å²) in [5.74, 6) is 0. The highest BCUT2D eigenvalue weighted by Crippen LogP contribution is 2.15. The molecule has 0 saturated carbocycles. The lowest BCUT2D eigenvalue weighted by molar-refractivity contribution is 0.0884. The van der Waals surface area contributed by atoms with Crippen LogP contribution in [0.3, 0.4) is 0 Å². The predicted octanol–water partition coefficient (Wildman–Crippen LogP) is 3.82. The summed E-state index contributed by atoms with van der Waals surface area (Å²) in [5, 5.41) is 1.09. The molecule has 0 amide bonds. The number of benzene rings is 1. The molecule has 3 aromatic rings. The van der Waals surface area contributed by atoms with Gasteiger partial charge < -0.3 is 0 Å². The number of hydrogen-bond acceptors (Lipinski definition) is 4. The Bertz CT molecular complexity index is 880. The number of rotatable bonds is 7. The molecule has 3 heterocycles. The number of aryl methyl sites for hydroxylation is 1. The van der Waals surface area contributed by atoms with Crippen LogP contribution in [0, 0.1) is 6.42 Å². The van der Waals surface area contributed by atoms with Crippen LogP contribution in [0.5, 0.6) is 0 Å². The van der Waals surface area contributed by atoms with Gasteiger partial charge in [-0.15, -0.1) is 0 Å². The van der Waals surface area contributed by atoms with Crippen molar-refractivity contribution >= 4 is 10.9 Å². The third kappa shape index (κ3) is 4.94. The second-order valence-corrected chi connectivity index (χ2v) is 7.74. The van der Waals surface area contributed by atoms with Crippen LogP contribution in [0.25, 0.3) is 10.9 Å². The van der Waals surface area contributed by atoms with Crippen LogP contribution in [0.1, 0.15) is 24.6 Å². The minimum Gasteiger partial charge on any atom is -0.300 e. The molecule has 2 aromatic heterocycles. The first kappa shape index (κ1) is 19.0. The second-order valence-electron chi connectivity index (χ2n) is 7.74. The molecule has 0 spiro atoms. The number of hydrogen-bond donors (Lipinski definition) is 0. The van der Waals surface area contributed by atoms with Crippen molar-refractivity contribution in [3.8, 4) is 0 Å². The predicted molar refractivity (Wildman–Crippen MR) is 115 cm³/mol. The zero-order valence-corrected chi connectivity index (χ0v) is 16.7. The van der Waals surface area contributed by atoms with Crippen molar-refractivity contribution in [1.29, 1.82) is 0 Å². The van der Waals surface area contributed by atoms with Crippen LogP contribution < -0.4 is 0 Å². The van der Waals surface area contributed by atoms with Gasteiger partial charge in [-0.3, -0.25) is 19.8 Å². The summed E-state index contributed by atoms with van der Waals surface area (Å²) < 4.78 is 0. The molecular formula is C24H29N4. The molecule has 4 nitrogen and oxygen atoms in total. The van der Waals surface area contributed by atoms with Crippen molar-refractivity contribution in [2.45, 2.75) is 25.8 Å². The van der Waals surface area contributed by atoms with Crippen molar-refractivity contribution in [3.63, 3.8) is 0 Å². The second kappa shape index (κ2) is 9.26. The summed E-state index contributed by atoms with van der Waals surface area (Å²) in [7, 11) is 0. The van der Waals surface area contributed by atoms with E-state index in [2.05, 4.69) is 70.6 Å². The molecule has 4 rings (SSSR count). The molecule has 1 aliphatic rings. The number of nitrogens with zero attached hydrogens (tertiary/aromatic N) is 4. The number of pyridine rings is 2. The first-order chi connectivity index (χ1) is 13.8.